The van der Waals surface area contributed by atoms with Crippen molar-refractivity contribution in [2.24, 2.45) is 0 Å². The lowest BCUT2D eigenvalue weighted by molar-refractivity contribution is 0.399. The van der Waals surface area contributed by atoms with Gasteiger partial charge < -0.3 is 5.11 Å². The molecule has 0 fully saturated rings. The van der Waals surface area contributed by atoms with Crippen LogP contribution in [0.15, 0.2) is 0 Å². The van der Waals surface area contributed by atoms with Crippen molar-refractivity contribution in [3.63, 3.8) is 0 Å². The summed E-state index contributed by atoms with van der Waals surface area (Å²) in [6.07, 6.45) is 1.50. The fraction of sp³-hybridized carbons (Fsp3) is 0.778. The highest BCUT2D eigenvalue weighted by molar-refractivity contribution is 5.26. The second-order valence-electron chi connectivity index (χ2n) is 0.204. The van der Waals surface area contributed by atoms with Crippen LogP contribution in [0.3, 0.4) is 0 Å². The van der Waals surface area contributed by atoms with Crippen LogP contribution in [0, 0.1) is 10.8 Å². The van der Waals surface area contributed by atoms with E-state index in [1.165, 1.54) is 0 Å². The van der Waals surface area contributed by atoms with Crippen molar-refractivity contribution in [2.45, 2.75) is 44.6 Å². The van der Waals surface area contributed by atoms with Gasteiger partial charge in [-0.05, 0) is 0 Å². The molecule has 3 N–H and O–H groups in total. The molecule has 5 heteroatoms. The van der Waals surface area contributed by atoms with Crippen LogP contribution in [0.5, 0.6) is 0 Å². The van der Waals surface area contributed by atoms with Gasteiger partial charge in [-0.25, -0.2) is 20.4 Å². The van der Waals surface area contributed by atoms with E-state index in [9.17, 15) is 0 Å². The zero-order chi connectivity index (χ0) is 7.41. The van der Waals surface area contributed by atoms with Gasteiger partial charge in [-0.1, -0.05) is 44.6 Å². The summed E-state index contributed by atoms with van der Waals surface area (Å²) in [7, 11) is 1.00. The molecule has 0 bridgehead atoms. The molecule has 0 saturated heterocycles. The Labute approximate surface area is 90.2 Å². The molecule has 0 rings (SSSR count). The van der Waals surface area contributed by atoms with Gasteiger partial charge >= 0.3 is 0 Å². The highest BCUT2D eigenvalue weighted by atomic mass is 16.2. The monoisotopic (exact) mass is 214 g/mol. The molecule has 0 amide bonds. The summed E-state index contributed by atoms with van der Waals surface area (Å²) in [6, 6.07) is 0. The van der Waals surface area contributed by atoms with Gasteiger partial charge in [0.2, 0.25) is 12.2 Å². The Bertz CT molecular complexity index is 72.1. The molecule has 0 aromatic rings. The van der Waals surface area contributed by atoms with Gasteiger partial charge in [-0.3, -0.25) is 0 Å². The fourth-order valence-corrected chi connectivity index (χ4v) is 0. The number of rotatable bonds is 0. The highest BCUT2D eigenvalue weighted by Crippen LogP contribution is 0.871. The first-order chi connectivity index (χ1) is 3.83. The SMILES string of the molecule is C.C.C.C.C.C.CO.N=C=O.N=C=O. The maximum Gasteiger partial charge on any atom is 0.231 e. The van der Waals surface area contributed by atoms with Crippen LogP contribution in [0.4, 0.5) is 0 Å². The second-order valence-corrected chi connectivity index (χ2v) is 0.204. The molecular formula is C9H30N2O3. The van der Waals surface area contributed by atoms with Crippen LogP contribution >= 0.6 is 0 Å². The van der Waals surface area contributed by atoms with Gasteiger partial charge in [0, 0.05) is 7.11 Å². The van der Waals surface area contributed by atoms with Crippen molar-refractivity contribution in [3.8, 4) is 0 Å². The van der Waals surface area contributed by atoms with Gasteiger partial charge in [0.25, 0.3) is 0 Å². The van der Waals surface area contributed by atoms with E-state index in [1.54, 1.807) is 0 Å². The molecule has 0 heterocycles. The van der Waals surface area contributed by atoms with Gasteiger partial charge in [-0.15, -0.1) is 0 Å². The predicted octanol–water partition coefficient (Wildman–Crippen LogP) is 3.23. The predicted molar refractivity (Wildman–Crippen MR) is 65.4 cm³/mol. The highest BCUT2D eigenvalue weighted by Gasteiger charge is 1.04. The van der Waals surface area contributed by atoms with Crippen molar-refractivity contribution < 1.29 is 14.7 Å². The Morgan fingerprint density at radius 2 is 0.714 bits per heavy atom. The summed E-state index contributed by atoms with van der Waals surface area (Å²) < 4.78 is 0. The molecule has 0 aliphatic heterocycles. The number of isocyanates is 2. The molecule has 0 aliphatic carbocycles. The first-order valence-corrected chi connectivity index (χ1v) is 1.36. The standard InChI is InChI=1S/2CHNO.CH4O.6CH4/c2*2-1-3;1-2;;;;;;/h2*2H;2H,1H3;6*1H4. The van der Waals surface area contributed by atoms with E-state index in [0.717, 1.165) is 19.3 Å². The van der Waals surface area contributed by atoms with Gasteiger partial charge in [0.15, 0.2) is 0 Å². The minimum absolute atomic E-state index is 0. The Morgan fingerprint density at radius 3 is 0.714 bits per heavy atom. The number of carbonyl (C=O) groups excluding carboxylic acids is 2. The van der Waals surface area contributed by atoms with Gasteiger partial charge in [0.05, 0.1) is 0 Å². The van der Waals surface area contributed by atoms with Crippen LogP contribution in [0.1, 0.15) is 44.6 Å². The second kappa shape index (κ2) is 2600. The summed E-state index contributed by atoms with van der Waals surface area (Å²) >= 11 is 0. The largest absolute Gasteiger partial charge is 0.400 e. The zero-order valence-electron chi connectivity index (χ0n) is 4.26. The van der Waals surface area contributed by atoms with Crippen molar-refractivity contribution in [2.75, 3.05) is 7.11 Å². The average Bonchev–Trinajstić information content (AvgIpc) is 1.75. The van der Waals surface area contributed by atoms with Crippen molar-refractivity contribution in [1.82, 2.24) is 0 Å². The number of aliphatic hydroxyl groups is 1. The molecular weight excluding hydrogens is 184 g/mol. The first kappa shape index (κ1) is 126. The van der Waals surface area contributed by atoms with Crippen LogP contribution in [-0.4, -0.2) is 24.4 Å². The van der Waals surface area contributed by atoms with E-state index >= 15 is 0 Å². The lowest BCUT2D eigenvalue weighted by Gasteiger charge is -1.21. The summed E-state index contributed by atoms with van der Waals surface area (Å²) in [5.41, 5.74) is 0. The van der Waals surface area contributed by atoms with E-state index in [0.29, 0.717) is 0 Å². The third-order valence-electron chi connectivity index (χ3n) is 0. The van der Waals surface area contributed by atoms with Crippen molar-refractivity contribution >= 4 is 12.2 Å². The average molecular weight is 214 g/mol. The summed E-state index contributed by atoms with van der Waals surface area (Å²) in [5.74, 6) is 0. The summed E-state index contributed by atoms with van der Waals surface area (Å²) in [6.45, 7) is 0. The van der Waals surface area contributed by atoms with E-state index in [1.807, 2.05) is 0 Å². The Balaban J connectivity index is -0.00000000319. The Hall–Kier alpha value is -1.28. The fourth-order valence-electron chi connectivity index (χ4n) is 0. The molecule has 0 atom stereocenters. The molecule has 94 valence electrons. The van der Waals surface area contributed by atoms with E-state index in [-0.39, 0.29) is 44.6 Å². The maximum atomic E-state index is 8.35. The molecule has 0 aliphatic rings. The lowest BCUT2D eigenvalue weighted by atomic mass is 11.7. The number of hydrogen-bond acceptors (Lipinski definition) is 5. The Kier molecular flexibility index (Phi) is 23400. The number of nitrogens with one attached hydrogen (secondary N) is 2. The van der Waals surface area contributed by atoms with Crippen LogP contribution in [0.2, 0.25) is 0 Å². The molecule has 14 heavy (non-hydrogen) atoms. The quantitative estimate of drug-likeness (QED) is 0.426. The van der Waals surface area contributed by atoms with E-state index < -0.39 is 0 Å². The van der Waals surface area contributed by atoms with Gasteiger partial charge in [-0.2, -0.15) is 0 Å². The molecule has 0 aromatic heterocycles. The van der Waals surface area contributed by atoms with Crippen molar-refractivity contribution in [3.05, 3.63) is 0 Å². The number of aliphatic hydroxyl groups excluding tert-OH is 1. The van der Waals surface area contributed by atoms with Crippen molar-refractivity contribution in [1.29, 1.82) is 10.8 Å². The molecule has 0 saturated carbocycles. The third-order valence-corrected chi connectivity index (χ3v) is 0. The topological polar surface area (TPSA) is 102 Å². The maximum absolute atomic E-state index is 8.35. The lowest BCUT2D eigenvalue weighted by Crippen LogP contribution is -1.25. The zero-order valence-corrected chi connectivity index (χ0v) is 4.26. The van der Waals surface area contributed by atoms with E-state index in [4.69, 9.17) is 25.5 Å². The Morgan fingerprint density at radius 1 is 0.714 bits per heavy atom. The third kappa shape index (κ3) is 618. The number of hydrogen-bond donors (Lipinski definition) is 3. The smallest absolute Gasteiger partial charge is 0.231 e. The molecule has 0 spiro atoms. The minimum atomic E-state index is 0. The molecule has 5 nitrogen and oxygen atoms in total. The summed E-state index contributed by atoms with van der Waals surface area (Å²) in [4.78, 5) is 16.7. The van der Waals surface area contributed by atoms with E-state index in [2.05, 4.69) is 0 Å². The first-order valence-electron chi connectivity index (χ1n) is 1.36. The molecule has 0 radical (unpaired) electrons. The molecule has 0 aromatic carbocycles. The minimum Gasteiger partial charge on any atom is -0.400 e. The van der Waals surface area contributed by atoms with Crippen LogP contribution in [0.25, 0.3) is 0 Å². The van der Waals surface area contributed by atoms with Gasteiger partial charge in [0.1, 0.15) is 0 Å². The summed E-state index contributed by atoms with van der Waals surface area (Å²) in [5, 5.41) is 17.8. The normalized spacial score (nSPS) is 1.57. The molecule has 0 unspecified atom stereocenters. The van der Waals surface area contributed by atoms with Crippen LogP contribution < -0.4 is 0 Å². The van der Waals surface area contributed by atoms with Crippen LogP contribution in [-0.2, 0) is 9.59 Å².